The van der Waals surface area contributed by atoms with Gasteiger partial charge in [0.25, 0.3) is 0 Å². The molecule has 0 rings (SSSR count). The lowest BCUT2D eigenvalue weighted by atomic mass is 10.2. The highest BCUT2D eigenvalue weighted by atomic mass is 16.5. The molecule has 0 aliphatic rings. The van der Waals surface area contributed by atoms with Crippen molar-refractivity contribution in [1.82, 2.24) is 4.90 Å². The van der Waals surface area contributed by atoms with Crippen molar-refractivity contribution in [2.75, 3.05) is 27.2 Å². The van der Waals surface area contributed by atoms with Gasteiger partial charge < -0.3 is 20.5 Å². The number of hydrogen-bond donors (Lipinski definition) is 2. The third kappa shape index (κ3) is 5.16. The van der Waals surface area contributed by atoms with Crippen molar-refractivity contribution >= 4 is 5.91 Å². The molecule has 0 fully saturated rings. The molecule has 0 aromatic rings. The van der Waals surface area contributed by atoms with Gasteiger partial charge in [-0.15, -0.1) is 0 Å². The van der Waals surface area contributed by atoms with Crippen LogP contribution in [-0.4, -0.2) is 55.4 Å². The second-order valence-corrected chi connectivity index (χ2v) is 3.42. The monoisotopic (exact) mass is 204 g/mol. The molecule has 2 atom stereocenters. The van der Waals surface area contributed by atoms with Crippen molar-refractivity contribution < 1.29 is 14.6 Å². The number of aliphatic hydroxyl groups is 1. The number of nitrogens with zero attached hydrogens (tertiary/aromatic N) is 1. The van der Waals surface area contributed by atoms with E-state index in [1.807, 2.05) is 0 Å². The molecule has 0 aromatic heterocycles. The van der Waals surface area contributed by atoms with Gasteiger partial charge in [-0.3, -0.25) is 4.79 Å². The predicted molar refractivity (Wildman–Crippen MR) is 53.8 cm³/mol. The molecule has 0 aromatic carbocycles. The Bertz CT molecular complexity index is 169. The average molecular weight is 204 g/mol. The van der Waals surface area contributed by atoms with Crippen LogP contribution in [0.15, 0.2) is 0 Å². The first-order valence-corrected chi connectivity index (χ1v) is 4.66. The Labute approximate surface area is 84.8 Å². The van der Waals surface area contributed by atoms with Gasteiger partial charge >= 0.3 is 0 Å². The summed E-state index contributed by atoms with van der Waals surface area (Å²) in [5, 5.41) is 9.07. The van der Waals surface area contributed by atoms with E-state index in [9.17, 15) is 4.79 Å². The van der Waals surface area contributed by atoms with E-state index in [-0.39, 0.29) is 18.4 Å². The molecule has 0 spiro atoms. The molecule has 5 nitrogen and oxygen atoms in total. The minimum atomic E-state index is -0.511. The lowest BCUT2D eigenvalue weighted by Gasteiger charge is -2.21. The lowest BCUT2D eigenvalue weighted by Crippen LogP contribution is -2.37. The molecule has 0 bridgehead atoms. The Hall–Kier alpha value is -0.650. The molecular weight excluding hydrogens is 184 g/mol. The molecule has 1 amide bonds. The van der Waals surface area contributed by atoms with Crippen LogP contribution in [0, 0.1) is 0 Å². The normalized spacial score (nSPS) is 14.9. The number of rotatable bonds is 6. The Morgan fingerprint density at radius 2 is 2.21 bits per heavy atom. The van der Waals surface area contributed by atoms with Crippen LogP contribution in [-0.2, 0) is 9.53 Å². The van der Waals surface area contributed by atoms with Crippen molar-refractivity contribution in [3.63, 3.8) is 0 Å². The van der Waals surface area contributed by atoms with Gasteiger partial charge in [-0.25, -0.2) is 0 Å². The SMILES string of the molecule is COC(CN)CC(=O)N(C)CC(C)O. The van der Waals surface area contributed by atoms with Gasteiger partial charge in [0.2, 0.25) is 5.91 Å². The minimum absolute atomic E-state index is 0.0665. The number of aliphatic hydroxyl groups excluding tert-OH is 1. The van der Waals surface area contributed by atoms with Gasteiger partial charge in [0, 0.05) is 27.2 Å². The van der Waals surface area contributed by atoms with Gasteiger partial charge in [-0.2, -0.15) is 0 Å². The van der Waals surface area contributed by atoms with E-state index < -0.39 is 6.10 Å². The highest BCUT2D eigenvalue weighted by Gasteiger charge is 2.15. The van der Waals surface area contributed by atoms with E-state index in [0.29, 0.717) is 13.1 Å². The van der Waals surface area contributed by atoms with Gasteiger partial charge in [-0.1, -0.05) is 0 Å². The van der Waals surface area contributed by atoms with Crippen LogP contribution < -0.4 is 5.73 Å². The largest absolute Gasteiger partial charge is 0.392 e. The van der Waals surface area contributed by atoms with Crippen molar-refractivity contribution in [2.45, 2.75) is 25.6 Å². The predicted octanol–water partition coefficient (Wildman–Crippen LogP) is -0.811. The number of carbonyl (C=O) groups is 1. The molecule has 14 heavy (non-hydrogen) atoms. The fourth-order valence-electron chi connectivity index (χ4n) is 1.11. The Balaban J connectivity index is 3.93. The van der Waals surface area contributed by atoms with Crippen LogP contribution in [0.2, 0.25) is 0 Å². The number of nitrogens with two attached hydrogens (primary N) is 1. The van der Waals surface area contributed by atoms with Crippen LogP contribution in [0.3, 0.4) is 0 Å². The molecule has 0 saturated carbocycles. The molecule has 0 radical (unpaired) electrons. The summed E-state index contributed by atoms with van der Waals surface area (Å²) in [6, 6.07) is 0. The van der Waals surface area contributed by atoms with E-state index in [2.05, 4.69) is 0 Å². The van der Waals surface area contributed by atoms with Crippen LogP contribution in [0.5, 0.6) is 0 Å². The van der Waals surface area contributed by atoms with Crippen LogP contribution >= 0.6 is 0 Å². The molecule has 0 heterocycles. The zero-order chi connectivity index (χ0) is 11.1. The summed E-state index contributed by atoms with van der Waals surface area (Å²) in [5.74, 6) is -0.0665. The highest BCUT2D eigenvalue weighted by Crippen LogP contribution is 2.00. The molecule has 0 aliphatic heterocycles. The maximum absolute atomic E-state index is 11.5. The topological polar surface area (TPSA) is 75.8 Å². The summed E-state index contributed by atoms with van der Waals surface area (Å²) in [5.41, 5.74) is 5.39. The third-order valence-electron chi connectivity index (χ3n) is 1.96. The van der Waals surface area contributed by atoms with Crippen LogP contribution in [0.1, 0.15) is 13.3 Å². The van der Waals surface area contributed by atoms with Gasteiger partial charge in [0.05, 0.1) is 18.6 Å². The van der Waals surface area contributed by atoms with Gasteiger partial charge in [0.15, 0.2) is 0 Å². The lowest BCUT2D eigenvalue weighted by molar-refractivity contribution is -0.133. The molecule has 2 unspecified atom stereocenters. The summed E-state index contributed by atoms with van der Waals surface area (Å²) < 4.78 is 4.99. The first-order valence-electron chi connectivity index (χ1n) is 4.66. The van der Waals surface area contributed by atoms with Crippen molar-refractivity contribution in [1.29, 1.82) is 0 Å². The summed E-state index contributed by atoms with van der Waals surface area (Å²) in [4.78, 5) is 13.0. The number of amides is 1. The van der Waals surface area contributed by atoms with E-state index in [0.717, 1.165) is 0 Å². The number of carbonyl (C=O) groups excluding carboxylic acids is 1. The average Bonchev–Trinajstić information content (AvgIpc) is 2.12. The molecule has 0 saturated heterocycles. The third-order valence-corrected chi connectivity index (χ3v) is 1.96. The zero-order valence-electron chi connectivity index (χ0n) is 9.06. The quantitative estimate of drug-likeness (QED) is 0.593. The Morgan fingerprint density at radius 3 is 2.57 bits per heavy atom. The smallest absolute Gasteiger partial charge is 0.225 e. The Morgan fingerprint density at radius 1 is 1.64 bits per heavy atom. The van der Waals surface area contributed by atoms with E-state index in [1.165, 1.54) is 12.0 Å². The van der Waals surface area contributed by atoms with Crippen molar-refractivity contribution in [3.8, 4) is 0 Å². The molecular formula is C9H20N2O3. The van der Waals surface area contributed by atoms with Crippen molar-refractivity contribution in [2.24, 2.45) is 5.73 Å². The molecule has 0 aliphatic carbocycles. The fraction of sp³-hybridized carbons (Fsp3) is 0.889. The second-order valence-electron chi connectivity index (χ2n) is 3.42. The van der Waals surface area contributed by atoms with Gasteiger partial charge in [0.1, 0.15) is 0 Å². The van der Waals surface area contributed by atoms with Crippen LogP contribution in [0.4, 0.5) is 0 Å². The zero-order valence-corrected chi connectivity index (χ0v) is 9.06. The number of likely N-dealkylation sites (N-methyl/N-ethyl adjacent to an activating group) is 1. The molecule has 84 valence electrons. The maximum atomic E-state index is 11.5. The summed E-state index contributed by atoms with van der Waals surface area (Å²) >= 11 is 0. The summed E-state index contributed by atoms with van der Waals surface area (Å²) in [7, 11) is 3.18. The van der Waals surface area contributed by atoms with Crippen molar-refractivity contribution in [3.05, 3.63) is 0 Å². The molecule has 5 heteroatoms. The highest BCUT2D eigenvalue weighted by molar-refractivity contribution is 5.76. The number of hydrogen-bond acceptors (Lipinski definition) is 4. The van der Waals surface area contributed by atoms with Gasteiger partial charge in [-0.05, 0) is 6.92 Å². The van der Waals surface area contributed by atoms with Crippen LogP contribution in [0.25, 0.3) is 0 Å². The van der Waals surface area contributed by atoms with E-state index in [4.69, 9.17) is 15.6 Å². The molecule has 3 N–H and O–H groups in total. The van der Waals surface area contributed by atoms with E-state index in [1.54, 1.807) is 14.0 Å². The maximum Gasteiger partial charge on any atom is 0.225 e. The first-order chi connectivity index (χ1) is 6.51. The summed E-state index contributed by atoms with van der Waals surface area (Å²) in [6.45, 7) is 2.30. The van der Waals surface area contributed by atoms with E-state index >= 15 is 0 Å². The Kier molecular flexibility index (Phi) is 6.44. The number of methoxy groups -OCH3 is 1. The first kappa shape index (κ1) is 13.4. The number of ether oxygens (including phenoxy) is 1. The summed E-state index contributed by atoms with van der Waals surface area (Å²) in [6.07, 6.45) is -0.488. The standard InChI is InChI=1S/C9H20N2O3/c1-7(12)6-11(2)9(13)4-8(5-10)14-3/h7-8,12H,4-6,10H2,1-3H3. The minimum Gasteiger partial charge on any atom is -0.392 e. The second kappa shape index (κ2) is 6.75. The fourth-order valence-corrected chi connectivity index (χ4v) is 1.11.